The van der Waals surface area contributed by atoms with E-state index in [1.165, 1.54) is 0 Å². The van der Waals surface area contributed by atoms with Gasteiger partial charge in [-0.15, -0.1) is 0 Å². The minimum Gasteiger partial charge on any atom is -0.481 e. The molecule has 2 atom stereocenters. The van der Waals surface area contributed by atoms with Crippen LogP contribution in [-0.2, 0) is 4.79 Å². The third kappa shape index (κ3) is 1.93. The molecule has 64 valence electrons. The van der Waals surface area contributed by atoms with Crippen LogP contribution in [0.1, 0.15) is 26.2 Å². The molecule has 0 aromatic rings. The van der Waals surface area contributed by atoms with Crippen molar-refractivity contribution < 1.29 is 9.90 Å². The molecule has 3 N–H and O–H groups in total. The molecule has 0 aromatic carbocycles. The van der Waals surface area contributed by atoms with Crippen LogP contribution in [0, 0.1) is 11.3 Å². The Morgan fingerprint density at radius 2 is 2.45 bits per heavy atom. The van der Waals surface area contributed by atoms with Gasteiger partial charge in [-0.05, 0) is 30.7 Å². The predicted molar refractivity (Wildman–Crippen MR) is 42.1 cm³/mol. The van der Waals surface area contributed by atoms with Gasteiger partial charge in [-0.2, -0.15) is 0 Å². The Morgan fingerprint density at radius 1 is 1.82 bits per heavy atom. The lowest BCUT2D eigenvalue weighted by Gasteiger charge is -2.06. The molecule has 0 heterocycles. The monoisotopic (exact) mass is 157 g/mol. The quantitative estimate of drug-likeness (QED) is 0.635. The minimum absolute atomic E-state index is 0.243. The van der Waals surface area contributed by atoms with Crippen molar-refractivity contribution in [1.29, 1.82) is 0 Å². The number of hydrogen-bond acceptors (Lipinski definition) is 2. The number of carboxylic acids is 1. The van der Waals surface area contributed by atoms with E-state index < -0.39 is 5.97 Å². The van der Waals surface area contributed by atoms with Crippen molar-refractivity contribution in [2.24, 2.45) is 17.1 Å². The third-order valence-corrected chi connectivity index (χ3v) is 2.73. The van der Waals surface area contributed by atoms with Gasteiger partial charge >= 0.3 is 5.97 Å². The summed E-state index contributed by atoms with van der Waals surface area (Å²) in [6.07, 6.45) is 2.17. The molecule has 3 nitrogen and oxygen atoms in total. The van der Waals surface area contributed by atoms with Crippen LogP contribution in [0.3, 0.4) is 0 Å². The summed E-state index contributed by atoms with van der Waals surface area (Å²) in [6.45, 7) is 2.82. The second-order valence-electron chi connectivity index (χ2n) is 3.68. The van der Waals surface area contributed by atoms with Gasteiger partial charge in [0.15, 0.2) is 0 Å². The SMILES string of the molecule is CC1(CCC(=O)O)CC1CN. The first kappa shape index (κ1) is 8.53. The molecule has 1 aliphatic carbocycles. The maximum absolute atomic E-state index is 10.2. The standard InChI is InChI=1S/C8H15NO2/c1-8(3-2-7(10)11)4-6(8)5-9/h6H,2-5,9H2,1H3,(H,10,11). The summed E-state index contributed by atoms with van der Waals surface area (Å²) < 4.78 is 0. The number of rotatable bonds is 4. The smallest absolute Gasteiger partial charge is 0.303 e. The molecule has 3 heteroatoms. The van der Waals surface area contributed by atoms with Gasteiger partial charge in [0.1, 0.15) is 0 Å². The molecule has 1 saturated carbocycles. The van der Waals surface area contributed by atoms with Gasteiger partial charge in [0.25, 0.3) is 0 Å². The highest BCUT2D eigenvalue weighted by molar-refractivity contribution is 5.66. The van der Waals surface area contributed by atoms with E-state index in [9.17, 15) is 4.79 Å². The van der Waals surface area contributed by atoms with Crippen molar-refractivity contribution in [2.75, 3.05) is 6.54 Å². The minimum atomic E-state index is -0.700. The van der Waals surface area contributed by atoms with E-state index in [0.717, 1.165) is 12.8 Å². The lowest BCUT2D eigenvalue weighted by atomic mass is 10.00. The summed E-state index contributed by atoms with van der Waals surface area (Å²) in [4.78, 5) is 10.2. The Labute approximate surface area is 66.6 Å². The Balaban J connectivity index is 2.23. The molecule has 0 saturated heterocycles. The number of aliphatic carboxylic acids is 1. The highest BCUT2D eigenvalue weighted by Gasteiger charge is 2.48. The zero-order chi connectivity index (χ0) is 8.48. The van der Waals surface area contributed by atoms with Crippen molar-refractivity contribution in [2.45, 2.75) is 26.2 Å². The fourth-order valence-electron chi connectivity index (χ4n) is 1.57. The molecule has 0 aromatic heterocycles. The highest BCUT2D eigenvalue weighted by atomic mass is 16.4. The molecule has 0 bridgehead atoms. The second-order valence-corrected chi connectivity index (χ2v) is 3.68. The predicted octanol–water partition coefficient (Wildman–Crippen LogP) is 0.836. The molecule has 0 spiro atoms. The van der Waals surface area contributed by atoms with Crippen LogP contribution in [-0.4, -0.2) is 17.6 Å². The summed E-state index contributed by atoms with van der Waals surface area (Å²) in [5.74, 6) is -0.129. The first-order chi connectivity index (χ1) is 5.08. The summed E-state index contributed by atoms with van der Waals surface area (Å²) >= 11 is 0. The van der Waals surface area contributed by atoms with Crippen LogP contribution in [0.25, 0.3) is 0 Å². The molecule has 0 radical (unpaired) electrons. The fraction of sp³-hybridized carbons (Fsp3) is 0.875. The van der Waals surface area contributed by atoms with Crippen molar-refractivity contribution >= 4 is 5.97 Å². The summed E-state index contributed by atoms with van der Waals surface area (Å²) in [5.41, 5.74) is 5.71. The van der Waals surface area contributed by atoms with Gasteiger partial charge in [0, 0.05) is 6.42 Å². The highest BCUT2D eigenvalue weighted by Crippen LogP contribution is 2.54. The van der Waals surface area contributed by atoms with E-state index in [2.05, 4.69) is 6.92 Å². The first-order valence-electron chi connectivity index (χ1n) is 4.00. The number of nitrogens with two attached hydrogens (primary N) is 1. The van der Waals surface area contributed by atoms with E-state index in [-0.39, 0.29) is 11.8 Å². The first-order valence-corrected chi connectivity index (χ1v) is 4.00. The van der Waals surface area contributed by atoms with E-state index >= 15 is 0 Å². The normalized spacial score (nSPS) is 35.3. The van der Waals surface area contributed by atoms with Gasteiger partial charge in [-0.1, -0.05) is 6.92 Å². The third-order valence-electron chi connectivity index (χ3n) is 2.73. The summed E-state index contributed by atoms with van der Waals surface area (Å²) in [7, 11) is 0. The number of hydrogen-bond donors (Lipinski definition) is 2. The van der Waals surface area contributed by atoms with Crippen LogP contribution < -0.4 is 5.73 Å². The zero-order valence-corrected chi connectivity index (χ0v) is 6.84. The van der Waals surface area contributed by atoms with Gasteiger partial charge < -0.3 is 10.8 Å². The summed E-state index contributed by atoms with van der Waals surface area (Å²) in [6, 6.07) is 0. The van der Waals surface area contributed by atoms with E-state index in [1.54, 1.807) is 0 Å². The van der Waals surface area contributed by atoms with Crippen molar-refractivity contribution in [1.82, 2.24) is 0 Å². The molecule has 2 unspecified atom stereocenters. The Kier molecular flexibility index (Phi) is 2.18. The van der Waals surface area contributed by atoms with Gasteiger partial charge in [0.05, 0.1) is 0 Å². The average Bonchev–Trinajstić information content (AvgIpc) is 2.59. The van der Waals surface area contributed by atoms with Crippen LogP contribution >= 0.6 is 0 Å². The van der Waals surface area contributed by atoms with Crippen LogP contribution in [0.2, 0.25) is 0 Å². The molecule has 1 aliphatic rings. The van der Waals surface area contributed by atoms with E-state index in [0.29, 0.717) is 12.5 Å². The number of carbonyl (C=O) groups is 1. The maximum Gasteiger partial charge on any atom is 0.303 e. The van der Waals surface area contributed by atoms with Gasteiger partial charge in [0.2, 0.25) is 0 Å². The molecule has 11 heavy (non-hydrogen) atoms. The largest absolute Gasteiger partial charge is 0.481 e. The molecule has 0 amide bonds. The topological polar surface area (TPSA) is 63.3 Å². The Hall–Kier alpha value is -0.570. The fourth-order valence-corrected chi connectivity index (χ4v) is 1.57. The van der Waals surface area contributed by atoms with Gasteiger partial charge in [-0.3, -0.25) is 4.79 Å². The Morgan fingerprint density at radius 3 is 2.82 bits per heavy atom. The lowest BCUT2D eigenvalue weighted by Crippen LogP contribution is -2.09. The van der Waals surface area contributed by atoms with Crippen molar-refractivity contribution in [3.63, 3.8) is 0 Å². The van der Waals surface area contributed by atoms with Crippen molar-refractivity contribution in [3.8, 4) is 0 Å². The lowest BCUT2D eigenvalue weighted by molar-refractivity contribution is -0.137. The maximum atomic E-state index is 10.2. The molecular formula is C8H15NO2. The van der Waals surface area contributed by atoms with Crippen LogP contribution in [0.4, 0.5) is 0 Å². The Bertz CT molecular complexity index is 169. The molecule has 1 rings (SSSR count). The van der Waals surface area contributed by atoms with E-state index in [4.69, 9.17) is 10.8 Å². The molecular weight excluding hydrogens is 142 g/mol. The van der Waals surface area contributed by atoms with Crippen molar-refractivity contribution in [3.05, 3.63) is 0 Å². The summed E-state index contributed by atoms with van der Waals surface area (Å²) in [5, 5.41) is 8.43. The second kappa shape index (κ2) is 2.81. The van der Waals surface area contributed by atoms with Gasteiger partial charge in [-0.25, -0.2) is 0 Å². The average molecular weight is 157 g/mol. The molecule has 0 aliphatic heterocycles. The zero-order valence-electron chi connectivity index (χ0n) is 6.84. The van der Waals surface area contributed by atoms with Crippen LogP contribution in [0.5, 0.6) is 0 Å². The number of carboxylic acid groups (broad SMARTS) is 1. The van der Waals surface area contributed by atoms with E-state index in [1.807, 2.05) is 0 Å². The van der Waals surface area contributed by atoms with Crippen LogP contribution in [0.15, 0.2) is 0 Å². The molecule has 1 fully saturated rings.